The molecule has 18 rings (SSSR count). The fourth-order valence-corrected chi connectivity index (χ4v) is 17.3. The van der Waals surface area contributed by atoms with Gasteiger partial charge < -0.3 is 34.7 Å². The van der Waals surface area contributed by atoms with E-state index in [9.17, 15) is 33.7 Å². The number of rotatable bonds is 18. The van der Waals surface area contributed by atoms with Crippen LogP contribution >= 0.6 is 0 Å². The molecule has 0 saturated heterocycles. The van der Waals surface area contributed by atoms with Gasteiger partial charge in [-0.05, 0) is 141 Å². The van der Waals surface area contributed by atoms with Gasteiger partial charge in [-0.25, -0.2) is 73.5 Å². The van der Waals surface area contributed by atoms with Gasteiger partial charge in [0.05, 0.1) is 105 Å². The smallest absolute Gasteiger partial charge is 0.180 e. The van der Waals surface area contributed by atoms with Crippen molar-refractivity contribution in [3.8, 4) is 113 Å². The number of benzene rings is 7. The summed E-state index contributed by atoms with van der Waals surface area (Å²) in [6.45, 7) is 15.3. The van der Waals surface area contributed by atoms with Crippen LogP contribution in [0.1, 0.15) is 85.0 Å². The van der Waals surface area contributed by atoms with E-state index in [4.69, 9.17) is 34.7 Å². The van der Waals surface area contributed by atoms with Gasteiger partial charge in [-0.2, -0.15) is 0 Å². The van der Waals surface area contributed by atoms with Crippen LogP contribution in [0.15, 0.2) is 297 Å². The molecule has 0 fully saturated rings. The third kappa shape index (κ3) is 18.1. The number of sulfone groups is 4. The van der Waals surface area contributed by atoms with Gasteiger partial charge in [0.25, 0.3) is 0 Å². The molecular weight excluding hydrogens is 1630 g/mol. The Morgan fingerprint density at radius 2 is 0.667 bits per heavy atom. The lowest BCUT2D eigenvalue weighted by Gasteiger charge is -2.08. The highest BCUT2D eigenvalue weighted by atomic mass is 32.2. The molecule has 6 N–H and O–H groups in total. The van der Waals surface area contributed by atoms with E-state index in [0.717, 1.165) is 83.5 Å². The van der Waals surface area contributed by atoms with E-state index in [1.54, 1.807) is 208 Å². The van der Waals surface area contributed by atoms with Crippen LogP contribution in [-0.4, -0.2) is 130 Å². The summed E-state index contributed by atoms with van der Waals surface area (Å²) in [6.07, 6.45) is 17.4. The lowest BCUT2D eigenvalue weighted by Crippen LogP contribution is -2.13. The number of nitrogens with zero attached hydrogens (tertiary/aromatic N) is 11. The molecule has 0 bridgehead atoms. The first kappa shape index (κ1) is 83.9. The largest absolute Gasteiger partial charge is 0.356 e. The van der Waals surface area contributed by atoms with Crippen molar-refractivity contribution in [1.29, 1.82) is 0 Å². The first-order chi connectivity index (χ1) is 59.1. The van der Waals surface area contributed by atoms with E-state index < -0.39 is 60.3 Å². The molecule has 618 valence electrons. The Bertz CT molecular complexity index is 7410. The first-order valence-corrected chi connectivity index (χ1v) is 45.3. The number of nitrogens with one attached hydrogen (secondary N) is 4. The highest BCUT2D eigenvalue weighted by Gasteiger charge is 2.26. The van der Waals surface area contributed by atoms with Gasteiger partial charge in [-0.3, -0.25) is 4.98 Å². The average molecular weight is 1710 g/mol. The zero-order valence-electron chi connectivity index (χ0n) is 68.0. The van der Waals surface area contributed by atoms with E-state index in [2.05, 4.69) is 67.0 Å². The molecule has 0 spiro atoms. The highest BCUT2D eigenvalue weighted by Crippen LogP contribution is 2.37. The molecule has 0 radical (unpaired) electrons. The second-order valence-electron chi connectivity index (χ2n) is 29.9. The molecule has 123 heavy (non-hydrogen) atoms. The minimum atomic E-state index is -3.34. The maximum atomic E-state index is 12.4. The second-order valence-corrected chi connectivity index (χ2v) is 39.9. The lowest BCUT2D eigenvalue weighted by molar-refractivity contribution is 0.435. The van der Waals surface area contributed by atoms with Gasteiger partial charge in [0.15, 0.2) is 73.5 Å². The van der Waals surface area contributed by atoms with Crippen LogP contribution in [0, 0.1) is 11.8 Å². The van der Waals surface area contributed by atoms with Gasteiger partial charge in [0, 0.05) is 105 Å². The molecule has 26 nitrogen and oxygen atoms in total. The third-order valence-electron chi connectivity index (χ3n) is 20.3. The molecule has 7 aromatic carbocycles. The summed E-state index contributed by atoms with van der Waals surface area (Å²) in [6, 6.07) is 61.9. The maximum absolute atomic E-state index is 12.4. The molecule has 0 aliphatic heterocycles. The fourth-order valence-electron chi connectivity index (χ4n) is 13.0. The fraction of sp³-hybridized carbons (Fsp3) is 0.151. The number of pyridine rings is 1. The standard InChI is InChI=1S/C26H25N5O3S.C24H20N4O3S.C23H19N3O2S.C20H18N4O2S/c1-15(2)35(32,33)20-9-7-17(8-10-20)23-14-29-26-25(30-23)21(13-28-26)24-12-22(31-34-24)19-6-4-5-18(11-19)16(3)27;1-15(2)32(29,30)18-10-8-17(9-11-18)21-14-26-24-23(27-21)19(13-25-24)22-12-20(28-31-22)16-6-4-3-5-7-16;1-16(2)29(27,28)20-12-10-18(11-13-20)21-15-25-23-22(26-21)19(14-24-23)9-8-17-6-4-3-5-7-17;1-13(2)27(25,26)16-7-5-14(6-8-16)18-12-23-20-19(24-18)17(11-22-20)15-4-3-9-21-10-15/h4-16H,27H2,1-3H3,(H,28,29);3-15H,1-2H3,(H,25,26);3-7,10-16H,1-2H3,(H,24,25);3-13H,1-2H3,(H,22,23). The molecular formula is C93H82N16O10S4. The van der Waals surface area contributed by atoms with Crippen LogP contribution in [0.2, 0.25) is 0 Å². The van der Waals surface area contributed by atoms with Crippen molar-refractivity contribution in [2.75, 3.05) is 0 Å². The molecule has 11 heterocycles. The number of nitrogens with two attached hydrogens (primary N) is 1. The summed E-state index contributed by atoms with van der Waals surface area (Å²) in [5.41, 5.74) is 26.4. The van der Waals surface area contributed by atoms with Crippen molar-refractivity contribution >= 4 is 84.0 Å². The second kappa shape index (κ2) is 35.3. The van der Waals surface area contributed by atoms with Crippen molar-refractivity contribution in [1.82, 2.24) is 75.1 Å². The minimum absolute atomic E-state index is 0.0804. The van der Waals surface area contributed by atoms with Gasteiger partial charge in [0.1, 0.15) is 33.5 Å². The number of hydrogen-bond donors (Lipinski definition) is 5. The maximum Gasteiger partial charge on any atom is 0.180 e. The van der Waals surface area contributed by atoms with E-state index in [-0.39, 0.29) is 10.9 Å². The third-order valence-corrected chi connectivity index (χ3v) is 29.0. The van der Waals surface area contributed by atoms with E-state index in [1.807, 2.05) is 122 Å². The normalized spacial score (nSPS) is 12.1. The summed E-state index contributed by atoms with van der Waals surface area (Å²) >= 11 is 0. The monoisotopic (exact) mass is 1710 g/mol. The van der Waals surface area contributed by atoms with E-state index >= 15 is 0 Å². The number of aromatic amines is 4. The predicted octanol–water partition coefficient (Wildman–Crippen LogP) is 18.4. The number of H-pyrrole nitrogens is 4. The molecule has 11 aromatic heterocycles. The van der Waals surface area contributed by atoms with Crippen LogP contribution in [0.4, 0.5) is 0 Å². The number of hydrogen-bond acceptors (Lipinski definition) is 22. The van der Waals surface area contributed by atoms with E-state index in [0.29, 0.717) is 93.8 Å². The Balaban J connectivity index is 0.000000128. The van der Waals surface area contributed by atoms with Crippen LogP contribution in [0.3, 0.4) is 0 Å². The quantitative estimate of drug-likeness (QED) is 0.0498. The molecule has 0 saturated carbocycles. The Hall–Kier alpha value is -14.1. The van der Waals surface area contributed by atoms with Crippen molar-refractivity contribution in [3.05, 3.63) is 285 Å². The summed E-state index contributed by atoms with van der Waals surface area (Å²) < 4.78 is 110. The highest BCUT2D eigenvalue weighted by molar-refractivity contribution is 7.92. The molecule has 1 unspecified atom stereocenters. The zero-order chi connectivity index (χ0) is 86.5. The van der Waals surface area contributed by atoms with Crippen LogP contribution in [0.5, 0.6) is 0 Å². The summed E-state index contributed by atoms with van der Waals surface area (Å²) in [5, 5.41) is 6.54. The van der Waals surface area contributed by atoms with Gasteiger partial charge in [-0.15, -0.1) is 0 Å². The summed E-state index contributed by atoms with van der Waals surface area (Å²) in [4.78, 5) is 54.6. The predicted molar refractivity (Wildman–Crippen MR) is 477 cm³/mol. The Labute approximate surface area is 709 Å². The topological polar surface area (TPSA) is 394 Å². The lowest BCUT2D eigenvalue weighted by atomic mass is 10.0. The molecule has 0 amide bonds. The Morgan fingerprint density at radius 3 is 1.06 bits per heavy atom. The summed E-state index contributed by atoms with van der Waals surface area (Å²) in [7, 11) is -13.3. The van der Waals surface area contributed by atoms with Crippen LogP contribution in [0.25, 0.3) is 146 Å². The molecule has 1 atom stereocenters. The van der Waals surface area contributed by atoms with Crippen molar-refractivity contribution in [3.63, 3.8) is 0 Å². The number of fused-ring (bicyclic) bond motifs is 4. The van der Waals surface area contributed by atoms with Gasteiger partial charge >= 0.3 is 0 Å². The van der Waals surface area contributed by atoms with Crippen molar-refractivity contribution in [2.45, 2.75) is 109 Å². The zero-order valence-corrected chi connectivity index (χ0v) is 71.3. The SMILES string of the molecule is CC(C)S(=O)(=O)c1ccc(-c2cnc3[nH]cc(-c4cc(-c5ccccc5)no4)c3n2)cc1.CC(C)S(=O)(=O)c1ccc(-c2cnc3[nH]cc(-c4cccnc4)c3n2)cc1.CC(C)S(=O)(=O)c1ccc(-c2cnc3[nH]cc(C#Cc4ccccc4)c3n2)cc1.CC(N)c1cccc(-c2cc(-c3c[nH]c4ncc(-c5ccc(S(=O)(=O)C(C)C)cc5)nc34)on2)c1. The van der Waals surface area contributed by atoms with Crippen LogP contribution in [-0.2, 0) is 39.3 Å². The summed E-state index contributed by atoms with van der Waals surface area (Å²) in [5.74, 6) is 7.41. The molecule has 0 aliphatic carbocycles. The van der Waals surface area contributed by atoms with Gasteiger partial charge in [-0.1, -0.05) is 143 Å². The van der Waals surface area contributed by atoms with Crippen LogP contribution < -0.4 is 5.73 Å². The van der Waals surface area contributed by atoms with Crippen molar-refractivity contribution < 1.29 is 42.7 Å². The van der Waals surface area contributed by atoms with Crippen molar-refractivity contribution in [2.24, 2.45) is 5.73 Å². The van der Waals surface area contributed by atoms with E-state index in [1.165, 1.54) is 0 Å². The average Bonchev–Trinajstić information content (AvgIpc) is 1.67. The molecule has 18 aromatic rings. The minimum Gasteiger partial charge on any atom is -0.356 e. The Kier molecular flexibility index (Phi) is 24.1. The molecule has 0 aliphatic rings. The number of aromatic nitrogens is 15. The first-order valence-electron chi connectivity index (χ1n) is 39.2. The van der Waals surface area contributed by atoms with Gasteiger partial charge in [0.2, 0.25) is 0 Å². The Morgan fingerprint density at radius 1 is 0.325 bits per heavy atom. The molecule has 30 heteroatoms.